The van der Waals surface area contributed by atoms with Crippen molar-refractivity contribution in [1.82, 2.24) is 9.97 Å². The van der Waals surface area contributed by atoms with Crippen molar-refractivity contribution < 1.29 is 9.21 Å². The van der Waals surface area contributed by atoms with Crippen LogP contribution in [0.1, 0.15) is 0 Å². The Morgan fingerprint density at radius 3 is 3.05 bits per heavy atom. The van der Waals surface area contributed by atoms with Gasteiger partial charge in [-0.15, -0.1) is 0 Å². The molecule has 1 N–H and O–H groups in total. The second kappa shape index (κ2) is 5.97. The van der Waals surface area contributed by atoms with Crippen LogP contribution >= 0.6 is 11.8 Å². The molecule has 0 bridgehead atoms. The molecule has 3 rings (SSSR count). The van der Waals surface area contributed by atoms with Crippen molar-refractivity contribution in [3.8, 4) is 11.5 Å². The highest BCUT2D eigenvalue weighted by atomic mass is 32.2. The summed E-state index contributed by atoms with van der Waals surface area (Å²) in [5.74, 6) is 0.889. The number of oxazole rings is 1. The number of fused-ring (bicyclic) bond motifs is 1. The first-order valence-corrected chi connectivity index (χ1v) is 7.76. The first-order chi connectivity index (χ1) is 10.3. The quantitative estimate of drug-likeness (QED) is 0.801. The van der Waals surface area contributed by atoms with Crippen LogP contribution in [-0.4, -0.2) is 27.9 Å². The number of nitrogens with one attached hydrogen (secondary N) is 1. The van der Waals surface area contributed by atoms with Crippen LogP contribution in [0.3, 0.4) is 0 Å². The van der Waals surface area contributed by atoms with Gasteiger partial charge in [0.05, 0.1) is 5.75 Å². The molecule has 0 fully saturated rings. The van der Waals surface area contributed by atoms with Gasteiger partial charge in [-0.2, -0.15) is 16.7 Å². The number of hydrogen-bond acceptors (Lipinski definition) is 5. The molecular weight excluding hydrogens is 286 g/mol. The van der Waals surface area contributed by atoms with Crippen molar-refractivity contribution >= 4 is 34.6 Å². The summed E-state index contributed by atoms with van der Waals surface area (Å²) >= 11 is 1.48. The minimum absolute atomic E-state index is 0.0288. The lowest BCUT2D eigenvalue weighted by Crippen LogP contribution is -2.13. The average molecular weight is 299 g/mol. The number of amides is 1. The minimum atomic E-state index is -0.0288. The standard InChI is InChI=1S/C15H13N3O2S/c1-21-9-13(19)17-11-5-2-4-10(8-11)15-18-14-12(20-15)6-3-7-16-14/h2-8H,9H2,1H3,(H,17,19). The number of pyridine rings is 1. The van der Waals surface area contributed by atoms with Crippen LogP contribution in [0.5, 0.6) is 0 Å². The summed E-state index contributed by atoms with van der Waals surface area (Å²) in [6.07, 6.45) is 3.56. The Hall–Kier alpha value is -2.34. The fourth-order valence-electron chi connectivity index (χ4n) is 1.95. The molecule has 21 heavy (non-hydrogen) atoms. The zero-order chi connectivity index (χ0) is 14.7. The van der Waals surface area contributed by atoms with Crippen LogP contribution in [0.4, 0.5) is 5.69 Å². The van der Waals surface area contributed by atoms with Gasteiger partial charge in [0.15, 0.2) is 11.2 Å². The van der Waals surface area contributed by atoms with Gasteiger partial charge in [0, 0.05) is 17.4 Å². The molecule has 0 aliphatic rings. The van der Waals surface area contributed by atoms with Crippen LogP contribution in [0.25, 0.3) is 22.7 Å². The maximum absolute atomic E-state index is 11.6. The molecule has 5 nitrogen and oxygen atoms in total. The summed E-state index contributed by atoms with van der Waals surface area (Å²) in [5.41, 5.74) is 2.74. The van der Waals surface area contributed by atoms with Crippen LogP contribution in [-0.2, 0) is 4.79 Å². The number of thioether (sulfide) groups is 1. The van der Waals surface area contributed by atoms with Crippen LogP contribution < -0.4 is 5.32 Å². The summed E-state index contributed by atoms with van der Waals surface area (Å²) in [7, 11) is 0. The van der Waals surface area contributed by atoms with E-state index in [9.17, 15) is 4.79 Å². The summed E-state index contributed by atoms with van der Waals surface area (Å²) in [4.78, 5) is 20.1. The zero-order valence-electron chi connectivity index (χ0n) is 11.4. The number of nitrogens with zero attached hydrogens (tertiary/aromatic N) is 2. The number of aromatic nitrogens is 2. The molecule has 0 radical (unpaired) electrons. The van der Waals surface area contributed by atoms with Gasteiger partial charge in [-0.05, 0) is 36.6 Å². The minimum Gasteiger partial charge on any atom is -0.434 e. The predicted octanol–water partition coefficient (Wildman–Crippen LogP) is 3.19. The van der Waals surface area contributed by atoms with Crippen molar-refractivity contribution in [3.05, 3.63) is 42.6 Å². The highest BCUT2D eigenvalue weighted by molar-refractivity contribution is 7.99. The molecule has 0 atom stereocenters. The maximum Gasteiger partial charge on any atom is 0.234 e. The normalized spacial score (nSPS) is 10.7. The Balaban J connectivity index is 1.90. The molecule has 2 heterocycles. The second-order valence-corrected chi connectivity index (χ2v) is 5.27. The van der Waals surface area contributed by atoms with Crippen molar-refractivity contribution in [3.63, 3.8) is 0 Å². The third kappa shape index (κ3) is 3.05. The predicted molar refractivity (Wildman–Crippen MR) is 84.3 cm³/mol. The fraction of sp³-hybridized carbons (Fsp3) is 0.133. The molecule has 0 saturated carbocycles. The largest absolute Gasteiger partial charge is 0.434 e. The molecule has 6 heteroatoms. The molecule has 0 unspecified atom stereocenters. The van der Waals surface area contributed by atoms with E-state index in [2.05, 4.69) is 15.3 Å². The molecule has 0 saturated heterocycles. The van der Waals surface area contributed by atoms with E-state index in [1.807, 2.05) is 36.6 Å². The molecule has 0 aliphatic heterocycles. The third-order valence-electron chi connectivity index (χ3n) is 2.83. The van der Waals surface area contributed by atoms with Crippen molar-refractivity contribution in [1.29, 1.82) is 0 Å². The van der Waals surface area contributed by atoms with Gasteiger partial charge < -0.3 is 9.73 Å². The van der Waals surface area contributed by atoms with E-state index in [0.29, 0.717) is 22.9 Å². The van der Waals surface area contributed by atoms with E-state index in [0.717, 1.165) is 11.3 Å². The van der Waals surface area contributed by atoms with Gasteiger partial charge in [-0.25, -0.2) is 4.98 Å². The highest BCUT2D eigenvalue weighted by Gasteiger charge is 2.09. The van der Waals surface area contributed by atoms with Crippen molar-refractivity contribution in [2.75, 3.05) is 17.3 Å². The Bertz CT molecular complexity index is 752. The van der Waals surface area contributed by atoms with Crippen LogP contribution in [0.15, 0.2) is 47.0 Å². The van der Waals surface area contributed by atoms with E-state index in [-0.39, 0.29) is 5.91 Å². The number of carbonyl (C=O) groups is 1. The van der Waals surface area contributed by atoms with Crippen LogP contribution in [0.2, 0.25) is 0 Å². The van der Waals surface area contributed by atoms with E-state index < -0.39 is 0 Å². The lowest BCUT2D eigenvalue weighted by molar-refractivity contribution is -0.113. The zero-order valence-corrected chi connectivity index (χ0v) is 12.2. The molecular formula is C15H13N3O2S. The van der Waals surface area contributed by atoms with Gasteiger partial charge in [-0.3, -0.25) is 4.79 Å². The van der Waals surface area contributed by atoms with Gasteiger partial charge >= 0.3 is 0 Å². The fourth-order valence-corrected chi connectivity index (χ4v) is 2.28. The topological polar surface area (TPSA) is 68.0 Å². The lowest BCUT2D eigenvalue weighted by Gasteiger charge is -2.05. The number of hydrogen-bond donors (Lipinski definition) is 1. The molecule has 106 valence electrons. The second-order valence-electron chi connectivity index (χ2n) is 4.41. The number of benzene rings is 1. The molecule has 1 aromatic carbocycles. The molecule has 3 aromatic rings. The monoisotopic (exact) mass is 299 g/mol. The Kier molecular flexibility index (Phi) is 3.87. The van der Waals surface area contributed by atoms with E-state index in [4.69, 9.17) is 4.42 Å². The van der Waals surface area contributed by atoms with Gasteiger partial charge in [0.25, 0.3) is 0 Å². The summed E-state index contributed by atoms with van der Waals surface area (Å²) in [5, 5.41) is 2.84. The third-order valence-corrected chi connectivity index (χ3v) is 3.38. The first-order valence-electron chi connectivity index (χ1n) is 6.37. The lowest BCUT2D eigenvalue weighted by atomic mass is 10.2. The molecule has 0 spiro atoms. The van der Waals surface area contributed by atoms with E-state index >= 15 is 0 Å². The van der Waals surface area contributed by atoms with Crippen molar-refractivity contribution in [2.45, 2.75) is 0 Å². The number of rotatable bonds is 4. The van der Waals surface area contributed by atoms with Crippen molar-refractivity contribution in [2.24, 2.45) is 0 Å². The summed E-state index contributed by atoms with van der Waals surface area (Å²) in [6, 6.07) is 11.0. The molecule has 2 aromatic heterocycles. The molecule has 1 amide bonds. The van der Waals surface area contributed by atoms with Gasteiger partial charge in [0.2, 0.25) is 11.8 Å². The van der Waals surface area contributed by atoms with Gasteiger partial charge in [0.1, 0.15) is 0 Å². The Morgan fingerprint density at radius 2 is 2.24 bits per heavy atom. The maximum atomic E-state index is 11.6. The SMILES string of the molecule is CSCC(=O)Nc1cccc(-c2nc3ncccc3o2)c1. The van der Waals surface area contributed by atoms with E-state index in [1.54, 1.807) is 12.3 Å². The first kappa shape index (κ1) is 13.6. The average Bonchev–Trinajstić information content (AvgIpc) is 2.91. The summed E-state index contributed by atoms with van der Waals surface area (Å²) < 4.78 is 5.67. The highest BCUT2D eigenvalue weighted by Crippen LogP contribution is 2.25. The van der Waals surface area contributed by atoms with E-state index in [1.165, 1.54) is 11.8 Å². The van der Waals surface area contributed by atoms with Crippen LogP contribution in [0, 0.1) is 0 Å². The summed E-state index contributed by atoms with van der Waals surface area (Å²) in [6.45, 7) is 0. The Morgan fingerprint density at radius 1 is 1.33 bits per heavy atom. The molecule has 0 aliphatic carbocycles. The number of carbonyl (C=O) groups excluding carboxylic acids is 1. The smallest absolute Gasteiger partial charge is 0.234 e. The van der Waals surface area contributed by atoms with Gasteiger partial charge in [-0.1, -0.05) is 6.07 Å². The number of anilines is 1. The Labute approximate surface area is 125 Å².